The summed E-state index contributed by atoms with van der Waals surface area (Å²) in [4.78, 5) is 0. The highest BCUT2D eigenvalue weighted by Crippen LogP contribution is 2.66. The molecule has 0 aliphatic heterocycles. The molecule has 1 aromatic rings. The van der Waals surface area contributed by atoms with E-state index >= 15 is 0 Å². The maximum absolute atomic E-state index is 11.3. The van der Waals surface area contributed by atoms with Crippen LogP contribution in [0.3, 0.4) is 0 Å². The molecule has 3 nitrogen and oxygen atoms in total. The van der Waals surface area contributed by atoms with Crippen LogP contribution in [0.2, 0.25) is 0 Å². The molecule has 1 N–H and O–H groups in total. The van der Waals surface area contributed by atoms with Gasteiger partial charge in [-0.2, -0.15) is 5.10 Å². The fourth-order valence-corrected chi connectivity index (χ4v) is 8.01. The molecule has 0 unspecified atom stereocenters. The van der Waals surface area contributed by atoms with Crippen molar-refractivity contribution >= 4 is 6.08 Å². The predicted molar refractivity (Wildman–Crippen MR) is 109 cm³/mol. The molecule has 4 aliphatic rings. The van der Waals surface area contributed by atoms with E-state index in [1.165, 1.54) is 56.9 Å². The lowest BCUT2D eigenvalue weighted by Crippen LogP contribution is -2.53. The van der Waals surface area contributed by atoms with Crippen LogP contribution in [0.25, 0.3) is 6.08 Å². The van der Waals surface area contributed by atoms with Gasteiger partial charge in [-0.25, -0.2) is 0 Å². The fraction of sp³-hybridized carbons (Fsp3) is 0.792. The van der Waals surface area contributed by atoms with Gasteiger partial charge in [-0.3, -0.25) is 4.68 Å². The number of aromatic nitrogens is 2. The molecule has 4 aliphatic carbocycles. The second-order valence-corrected chi connectivity index (χ2v) is 10.7. The summed E-state index contributed by atoms with van der Waals surface area (Å²) >= 11 is 0. The number of aliphatic hydroxyl groups is 1. The van der Waals surface area contributed by atoms with E-state index in [-0.39, 0.29) is 11.5 Å². The number of aliphatic hydroxyl groups excluding tert-OH is 1. The van der Waals surface area contributed by atoms with Gasteiger partial charge < -0.3 is 5.11 Å². The Hall–Kier alpha value is -1.09. The van der Waals surface area contributed by atoms with E-state index in [9.17, 15) is 5.11 Å². The molecular formula is C24H36N2O. The highest BCUT2D eigenvalue weighted by atomic mass is 16.3. The molecule has 0 radical (unpaired) electrons. The van der Waals surface area contributed by atoms with Crippen LogP contribution in [0.5, 0.6) is 0 Å². The van der Waals surface area contributed by atoms with Crippen LogP contribution < -0.4 is 0 Å². The van der Waals surface area contributed by atoms with Crippen LogP contribution in [0.15, 0.2) is 17.8 Å². The number of nitrogens with zero attached hydrogens (tertiary/aromatic N) is 2. The quantitative estimate of drug-likeness (QED) is 0.739. The molecule has 1 aromatic heterocycles. The van der Waals surface area contributed by atoms with Crippen LogP contribution in [0.4, 0.5) is 0 Å². The second kappa shape index (κ2) is 6.20. The van der Waals surface area contributed by atoms with Crippen molar-refractivity contribution in [2.45, 2.75) is 77.7 Å². The maximum atomic E-state index is 11.3. The zero-order valence-electron chi connectivity index (χ0n) is 17.3. The van der Waals surface area contributed by atoms with Crippen LogP contribution in [-0.4, -0.2) is 21.0 Å². The SMILES string of the molecule is Cn1nccc1/C=C1\C[C@H]2[C@@H]3CC[C@H]4CCCC[C@]4(C)[C@H]3CC[C@]2(C)[C@H]1O. The molecule has 3 heteroatoms. The van der Waals surface area contributed by atoms with Crippen molar-refractivity contribution in [2.24, 2.45) is 41.5 Å². The van der Waals surface area contributed by atoms with Gasteiger partial charge in [0.25, 0.3) is 0 Å². The molecule has 4 fully saturated rings. The molecule has 0 bridgehead atoms. The molecule has 0 aromatic carbocycles. The molecule has 0 saturated heterocycles. The highest BCUT2D eigenvalue weighted by Gasteiger charge is 2.60. The lowest BCUT2D eigenvalue weighted by Gasteiger charge is -2.60. The first-order chi connectivity index (χ1) is 12.9. The van der Waals surface area contributed by atoms with E-state index < -0.39 is 0 Å². The summed E-state index contributed by atoms with van der Waals surface area (Å²) in [5, 5.41) is 15.6. The summed E-state index contributed by atoms with van der Waals surface area (Å²) in [5.41, 5.74) is 3.01. The van der Waals surface area contributed by atoms with Crippen molar-refractivity contribution in [1.29, 1.82) is 0 Å². The number of hydrogen-bond acceptors (Lipinski definition) is 2. The third-order valence-electron chi connectivity index (χ3n) is 9.64. The average molecular weight is 369 g/mol. The van der Waals surface area contributed by atoms with Gasteiger partial charge >= 0.3 is 0 Å². The number of fused-ring (bicyclic) bond motifs is 5. The largest absolute Gasteiger partial charge is 0.388 e. The van der Waals surface area contributed by atoms with E-state index in [4.69, 9.17) is 0 Å². The molecule has 7 atom stereocenters. The average Bonchev–Trinajstić information content (AvgIpc) is 3.17. The molecule has 148 valence electrons. The molecular weight excluding hydrogens is 332 g/mol. The standard InChI is InChI=1S/C24H36N2O/c1-23-11-5-4-6-17(23)7-8-19-20(23)9-12-24(2)21(19)15-16(22(24)27)14-18-10-13-25-26(18)3/h10,13-14,17,19-22,27H,4-9,11-12,15H2,1-3H3/b16-14+/t17-,19-,20+,21+,22+,23+,24+/m1/s1. The Morgan fingerprint density at radius 3 is 2.70 bits per heavy atom. The third kappa shape index (κ3) is 2.53. The highest BCUT2D eigenvalue weighted by molar-refractivity contribution is 5.52. The van der Waals surface area contributed by atoms with Gasteiger partial charge in [0.15, 0.2) is 0 Å². The molecule has 1 heterocycles. The fourth-order valence-electron chi connectivity index (χ4n) is 8.01. The summed E-state index contributed by atoms with van der Waals surface area (Å²) in [7, 11) is 1.99. The minimum Gasteiger partial charge on any atom is -0.388 e. The predicted octanol–water partition coefficient (Wildman–Crippen LogP) is 5.21. The smallest absolute Gasteiger partial charge is 0.0810 e. The summed E-state index contributed by atoms with van der Waals surface area (Å²) in [6.07, 6.45) is 16.1. The number of hydrogen-bond donors (Lipinski definition) is 1. The van der Waals surface area contributed by atoms with E-state index in [0.29, 0.717) is 11.3 Å². The molecule has 4 saturated carbocycles. The van der Waals surface area contributed by atoms with Crippen LogP contribution in [0.1, 0.15) is 77.3 Å². The van der Waals surface area contributed by atoms with Crippen LogP contribution in [0, 0.1) is 34.5 Å². The first-order valence-corrected chi connectivity index (χ1v) is 11.3. The third-order valence-corrected chi connectivity index (χ3v) is 9.64. The Kier molecular flexibility index (Phi) is 4.13. The van der Waals surface area contributed by atoms with E-state index in [1.807, 2.05) is 17.9 Å². The number of aryl methyl sites for hydroxylation is 1. The van der Waals surface area contributed by atoms with E-state index in [0.717, 1.165) is 29.9 Å². The molecule has 0 spiro atoms. The molecule has 0 amide bonds. The van der Waals surface area contributed by atoms with Crippen molar-refractivity contribution in [2.75, 3.05) is 0 Å². The van der Waals surface area contributed by atoms with E-state index in [2.05, 4.69) is 31.1 Å². The normalized spacial score (nSPS) is 48.1. The van der Waals surface area contributed by atoms with Crippen molar-refractivity contribution in [1.82, 2.24) is 9.78 Å². The second-order valence-electron chi connectivity index (χ2n) is 10.7. The van der Waals surface area contributed by atoms with Gasteiger partial charge in [0, 0.05) is 18.7 Å². The van der Waals surface area contributed by atoms with E-state index in [1.54, 1.807) is 0 Å². The van der Waals surface area contributed by atoms with Crippen molar-refractivity contribution in [3.05, 3.63) is 23.5 Å². The number of rotatable bonds is 1. The molecule has 5 rings (SSSR count). The van der Waals surface area contributed by atoms with Gasteiger partial charge in [0.05, 0.1) is 11.8 Å². The minimum absolute atomic E-state index is 0.0729. The van der Waals surface area contributed by atoms with Gasteiger partial charge in [0.2, 0.25) is 0 Å². The maximum Gasteiger partial charge on any atom is 0.0810 e. The van der Waals surface area contributed by atoms with Gasteiger partial charge in [-0.1, -0.05) is 26.7 Å². The zero-order chi connectivity index (χ0) is 18.8. The Morgan fingerprint density at radius 2 is 1.93 bits per heavy atom. The van der Waals surface area contributed by atoms with Gasteiger partial charge in [-0.15, -0.1) is 0 Å². The zero-order valence-corrected chi connectivity index (χ0v) is 17.3. The summed E-state index contributed by atoms with van der Waals surface area (Å²) in [5.74, 6) is 3.33. The van der Waals surface area contributed by atoms with Crippen molar-refractivity contribution in [3.8, 4) is 0 Å². The minimum atomic E-state index is -0.282. The first kappa shape index (κ1) is 18.0. The van der Waals surface area contributed by atoms with Crippen molar-refractivity contribution < 1.29 is 5.11 Å². The molecule has 27 heavy (non-hydrogen) atoms. The summed E-state index contributed by atoms with van der Waals surface area (Å²) in [6, 6.07) is 2.06. The topological polar surface area (TPSA) is 38.0 Å². The first-order valence-electron chi connectivity index (χ1n) is 11.3. The van der Waals surface area contributed by atoms with Gasteiger partial charge in [0.1, 0.15) is 0 Å². The van der Waals surface area contributed by atoms with Crippen LogP contribution >= 0.6 is 0 Å². The summed E-state index contributed by atoms with van der Waals surface area (Å²) < 4.78 is 1.92. The Bertz CT molecular complexity index is 751. The lowest BCUT2D eigenvalue weighted by molar-refractivity contribution is -0.119. The Labute approximate surface area is 164 Å². The van der Waals surface area contributed by atoms with Gasteiger partial charge in [-0.05, 0) is 91.7 Å². The lowest BCUT2D eigenvalue weighted by atomic mass is 9.45. The van der Waals surface area contributed by atoms with Crippen LogP contribution in [-0.2, 0) is 7.05 Å². The Balaban J connectivity index is 1.47. The Morgan fingerprint density at radius 1 is 1.07 bits per heavy atom. The monoisotopic (exact) mass is 368 g/mol. The van der Waals surface area contributed by atoms with Crippen molar-refractivity contribution in [3.63, 3.8) is 0 Å². The summed E-state index contributed by atoms with van der Waals surface area (Å²) in [6.45, 7) is 5.02.